The molecule has 4 heteroatoms. The number of rotatable bonds is 0. The predicted molar refractivity (Wildman–Crippen MR) is 54.4 cm³/mol. The van der Waals surface area contributed by atoms with E-state index in [1.54, 1.807) is 0 Å². The molecule has 0 aromatic carbocycles. The molecule has 86 valence electrons. The van der Waals surface area contributed by atoms with Gasteiger partial charge in [-0.05, 0) is 55.8 Å². The van der Waals surface area contributed by atoms with Crippen LogP contribution in [0.4, 0.5) is 4.79 Å². The van der Waals surface area contributed by atoms with E-state index in [-0.39, 0.29) is 5.97 Å². The highest BCUT2D eigenvalue weighted by atomic mass is 16.6. The second-order valence-corrected chi connectivity index (χ2v) is 5.98. The van der Waals surface area contributed by atoms with Crippen molar-refractivity contribution in [1.82, 2.24) is 5.32 Å². The van der Waals surface area contributed by atoms with E-state index in [0.717, 1.165) is 37.5 Å². The van der Waals surface area contributed by atoms with Crippen molar-refractivity contribution < 1.29 is 14.3 Å². The second kappa shape index (κ2) is 2.60. The van der Waals surface area contributed by atoms with Gasteiger partial charge in [0, 0.05) is 0 Å². The number of nitrogens with one attached hydrogen (secondary N) is 1. The van der Waals surface area contributed by atoms with Crippen molar-refractivity contribution in [3.8, 4) is 0 Å². The molecule has 5 fully saturated rings. The highest BCUT2D eigenvalue weighted by Gasteiger charge is 2.65. The first-order chi connectivity index (χ1) is 7.68. The van der Waals surface area contributed by atoms with Gasteiger partial charge in [-0.25, -0.2) is 9.59 Å². The van der Waals surface area contributed by atoms with Gasteiger partial charge in [0.25, 0.3) is 0 Å². The SMILES string of the molecule is O=C1NC2(C(=O)O1)C1CC3CC(C1)CC2C3. The Morgan fingerprint density at radius 3 is 2.00 bits per heavy atom. The largest absolute Gasteiger partial charge is 0.415 e. The van der Waals surface area contributed by atoms with Gasteiger partial charge in [-0.1, -0.05) is 0 Å². The van der Waals surface area contributed by atoms with Crippen molar-refractivity contribution in [2.24, 2.45) is 23.7 Å². The van der Waals surface area contributed by atoms with E-state index in [1.165, 1.54) is 6.42 Å². The molecule has 1 N–H and O–H groups in total. The first-order valence-corrected chi connectivity index (χ1v) is 6.23. The highest BCUT2D eigenvalue weighted by Crippen LogP contribution is 2.59. The van der Waals surface area contributed by atoms with Crippen LogP contribution in [0.1, 0.15) is 32.1 Å². The lowest BCUT2D eigenvalue weighted by atomic mass is 9.48. The molecular formula is C12H15NO3. The molecule has 16 heavy (non-hydrogen) atoms. The van der Waals surface area contributed by atoms with Gasteiger partial charge in [-0.2, -0.15) is 0 Å². The molecule has 1 amide bonds. The number of ether oxygens (including phenoxy) is 1. The minimum atomic E-state index is -0.634. The van der Waals surface area contributed by atoms with E-state index in [4.69, 9.17) is 4.74 Å². The fraction of sp³-hybridized carbons (Fsp3) is 0.833. The molecule has 0 atom stereocenters. The maximum atomic E-state index is 12.0. The third-order valence-corrected chi connectivity index (χ3v) is 5.26. The van der Waals surface area contributed by atoms with Gasteiger partial charge in [0.2, 0.25) is 0 Å². The number of carbonyl (C=O) groups excluding carboxylic acids is 2. The summed E-state index contributed by atoms with van der Waals surface area (Å²) in [7, 11) is 0. The van der Waals surface area contributed by atoms with E-state index in [9.17, 15) is 9.59 Å². The Balaban J connectivity index is 1.79. The summed E-state index contributed by atoms with van der Waals surface area (Å²) in [5.41, 5.74) is -0.634. The standard InChI is InChI=1S/C12H15NO3/c14-10-12(13-11(15)16-10)8-2-6-1-7(4-8)5-9(12)3-6/h6-9H,1-5H2,(H,13,15). The maximum Gasteiger partial charge on any atom is 0.415 e. The van der Waals surface area contributed by atoms with Crippen LogP contribution in [0, 0.1) is 23.7 Å². The molecule has 1 spiro atoms. The van der Waals surface area contributed by atoms with Crippen molar-refractivity contribution in [3.63, 3.8) is 0 Å². The fourth-order valence-electron chi connectivity index (χ4n) is 4.88. The summed E-state index contributed by atoms with van der Waals surface area (Å²) in [5, 5.41) is 2.85. The predicted octanol–water partition coefficient (Wildman–Crippen LogP) is 1.45. The molecule has 0 aromatic heterocycles. The lowest BCUT2D eigenvalue weighted by molar-refractivity contribution is -0.154. The summed E-state index contributed by atoms with van der Waals surface area (Å²) in [4.78, 5) is 23.3. The molecule has 4 saturated carbocycles. The van der Waals surface area contributed by atoms with Crippen molar-refractivity contribution in [2.45, 2.75) is 37.6 Å². The number of alkyl carbamates (subject to hydrolysis) is 1. The van der Waals surface area contributed by atoms with Gasteiger partial charge in [-0.15, -0.1) is 0 Å². The van der Waals surface area contributed by atoms with E-state index >= 15 is 0 Å². The smallest absolute Gasteiger partial charge is 0.374 e. The molecular weight excluding hydrogens is 206 g/mol. The van der Waals surface area contributed by atoms with Crippen LogP contribution in [0.25, 0.3) is 0 Å². The van der Waals surface area contributed by atoms with Crippen molar-refractivity contribution in [1.29, 1.82) is 0 Å². The minimum absolute atomic E-state index is 0.300. The van der Waals surface area contributed by atoms with Crippen LogP contribution in [0.3, 0.4) is 0 Å². The quantitative estimate of drug-likeness (QED) is 0.497. The minimum Gasteiger partial charge on any atom is -0.374 e. The number of cyclic esters (lactones) is 2. The average molecular weight is 221 g/mol. The summed E-state index contributed by atoms with van der Waals surface area (Å²) in [6.45, 7) is 0. The summed E-state index contributed by atoms with van der Waals surface area (Å²) in [6.07, 6.45) is 5.21. The number of esters is 1. The number of hydrogen-bond donors (Lipinski definition) is 1. The molecule has 4 bridgehead atoms. The molecule has 1 aliphatic heterocycles. The summed E-state index contributed by atoms with van der Waals surface area (Å²) in [6, 6.07) is 0. The van der Waals surface area contributed by atoms with Crippen LogP contribution in [-0.4, -0.2) is 17.6 Å². The molecule has 4 nitrogen and oxygen atoms in total. The average Bonchev–Trinajstić information content (AvgIpc) is 2.50. The molecule has 5 aliphatic rings. The van der Waals surface area contributed by atoms with Crippen LogP contribution in [0.5, 0.6) is 0 Å². The summed E-state index contributed by atoms with van der Waals surface area (Å²) >= 11 is 0. The zero-order valence-electron chi connectivity index (χ0n) is 9.07. The number of carbonyl (C=O) groups is 2. The maximum absolute atomic E-state index is 12.0. The lowest BCUT2D eigenvalue weighted by Crippen LogP contribution is -2.66. The topological polar surface area (TPSA) is 55.4 Å². The molecule has 0 radical (unpaired) electrons. The molecule has 1 heterocycles. The number of amides is 1. The Morgan fingerprint density at radius 2 is 1.56 bits per heavy atom. The first kappa shape index (κ1) is 9.02. The van der Waals surface area contributed by atoms with Crippen LogP contribution in [0.15, 0.2) is 0 Å². The van der Waals surface area contributed by atoms with Crippen molar-refractivity contribution in [3.05, 3.63) is 0 Å². The Kier molecular flexibility index (Phi) is 1.47. The van der Waals surface area contributed by atoms with Gasteiger partial charge < -0.3 is 10.1 Å². The second-order valence-electron chi connectivity index (χ2n) is 5.98. The summed E-state index contributed by atoms with van der Waals surface area (Å²) in [5.74, 6) is 1.95. The van der Waals surface area contributed by atoms with Crippen LogP contribution in [0.2, 0.25) is 0 Å². The third-order valence-electron chi connectivity index (χ3n) is 5.26. The Hall–Kier alpha value is -1.06. The highest BCUT2D eigenvalue weighted by molar-refractivity contribution is 5.99. The third kappa shape index (κ3) is 0.874. The molecule has 1 saturated heterocycles. The lowest BCUT2D eigenvalue weighted by Gasteiger charge is -2.57. The Bertz CT molecular complexity index is 362. The Labute approximate surface area is 93.7 Å². The summed E-state index contributed by atoms with van der Waals surface area (Å²) < 4.78 is 4.75. The van der Waals surface area contributed by atoms with Crippen molar-refractivity contribution in [2.75, 3.05) is 0 Å². The molecule has 0 unspecified atom stereocenters. The van der Waals surface area contributed by atoms with Gasteiger partial charge >= 0.3 is 12.1 Å². The van der Waals surface area contributed by atoms with E-state index < -0.39 is 11.6 Å². The van der Waals surface area contributed by atoms with Gasteiger partial charge in [-0.3, -0.25) is 0 Å². The number of hydrogen-bond acceptors (Lipinski definition) is 3. The zero-order valence-corrected chi connectivity index (χ0v) is 9.07. The molecule has 0 aromatic rings. The Morgan fingerprint density at radius 1 is 1.00 bits per heavy atom. The first-order valence-electron chi connectivity index (χ1n) is 6.23. The van der Waals surface area contributed by atoms with E-state index in [0.29, 0.717) is 11.8 Å². The van der Waals surface area contributed by atoms with Gasteiger partial charge in [0.1, 0.15) is 5.54 Å². The van der Waals surface area contributed by atoms with Crippen molar-refractivity contribution >= 4 is 12.1 Å². The van der Waals surface area contributed by atoms with E-state index in [2.05, 4.69) is 5.32 Å². The van der Waals surface area contributed by atoms with Crippen LogP contribution >= 0.6 is 0 Å². The normalized spacial score (nSPS) is 53.2. The molecule has 4 aliphatic carbocycles. The monoisotopic (exact) mass is 221 g/mol. The molecule has 5 rings (SSSR count). The van der Waals surface area contributed by atoms with Crippen LogP contribution in [-0.2, 0) is 9.53 Å². The van der Waals surface area contributed by atoms with E-state index in [1.807, 2.05) is 0 Å². The van der Waals surface area contributed by atoms with Gasteiger partial charge in [0.15, 0.2) is 0 Å². The fourth-order valence-corrected chi connectivity index (χ4v) is 4.88. The zero-order chi connectivity index (χ0) is 10.9. The van der Waals surface area contributed by atoms with Crippen LogP contribution < -0.4 is 5.32 Å². The van der Waals surface area contributed by atoms with Gasteiger partial charge in [0.05, 0.1) is 0 Å².